The van der Waals surface area contributed by atoms with Gasteiger partial charge in [0.2, 0.25) is 0 Å². The van der Waals surface area contributed by atoms with E-state index in [1.165, 1.54) is 7.11 Å². The molecule has 0 heterocycles. The molecule has 0 atom stereocenters. The van der Waals surface area contributed by atoms with Gasteiger partial charge in [-0.1, -0.05) is 28.1 Å². The Morgan fingerprint density at radius 2 is 2.18 bits per heavy atom. The van der Waals surface area contributed by atoms with Gasteiger partial charge in [-0.3, -0.25) is 4.79 Å². The lowest BCUT2D eigenvalue weighted by atomic mass is 10.2. The predicted octanol–water partition coefficient (Wildman–Crippen LogP) is 1.90. The van der Waals surface area contributed by atoms with E-state index in [1.54, 1.807) is 13.2 Å². The van der Waals surface area contributed by atoms with Crippen LogP contribution in [0, 0.1) is 0 Å². The molecule has 0 fully saturated rings. The van der Waals surface area contributed by atoms with Crippen molar-refractivity contribution in [2.24, 2.45) is 0 Å². The molecule has 0 saturated carbocycles. The molecule has 0 unspecified atom stereocenters. The van der Waals surface area contributed by atoms with E-state index >= 15 is 0 Å². The van der Waals surface area contributed by atoms with Crippen molar-refractivity contribution in [3.8, 4) is 5.75 Å². The summed E-state index contributed by atoms with van der Waals surface area (Å²) < 4.78 is 10.6. The summed E-state index contributed by atoms with van der Waals surface area (Å²) in [4.78, 5) is 11.4. The Balaban J connectivity index is 2.78. The SMILES string of the molecule is COC(=O)CNC(=S)c1ccc(Br)cc1OC. The number of benzene rings is 1. The fourth-order valence-electron chi connectivity index (χ4n) is 1.17. The van der Waals surface area contributed by atoms with Crippen molar-refractivity contribution in [1.82, 2.24) is 5.32 Å². The van der Waals surface area contributed by atoms with E-state index in [1.807, 2.05) is 12.1 Å². The van der Waals surface area contributed by atoms with Crippen LogP contribution in [0.1, 0.15) is 5.56 Å². The molecule has 1 rings (SSSR count). The number of halogens is 1. The smallest absolute Gasteiger partial charge is 0.325 e. The third-order valence-corrected chi connectivity index (χ3v) is 2.89. The first-order valence-corrected chi connectivity index (χ1v) is 5.97. The minimum absolute atomic E-state index is 0.0363. The van der Waals surface area contributed by atoms with E-state index in [2.05, 4.69) is 26.0 Å². The fourth-order valence-corrected chi connectivity index (χ4v) is 1.75. The molecule has 1 aromatic rings. The van der Waals surface area contributed by atoms with Gasteiger partial charge in [0, 0.05) is 4.47 Å². The standard InChI is InChI=1S/C11H12BrNO3S/c1-15-9-5-7(12)3-4-8(9)11(17)13-6-10(14)16-2/h3-5H,6H2,1-2H3,(H,13,17). The number of thiocarbonyl (C=S) groups is 1. The minimum Gasteiger partial charge on any atom is -0.496 e. The predicted molar refractivity (Wildman–Crippen MR) is 72.4 cm³/mol. The zero-order valence-corrected chi connectivity index (χ0v) is 11.9. The highest BCUT2D eigenvalue weighted by Gasteiger charge is 2.10. The Morgan fingerprint density at radius 3 is 2.76 bits per heavy atom. The van der Waals surface area contributed by atoms with Gasteiger partial charge in [0.1, 0.15) is 17.3 Å². The molecule has 6 heteroatoms. The zero-order chi connectivity index (χ0) is 12.8. The van der Waals surface area contributed by atoms with E-state index in [0.717, 1.165) is 10.0 Å². The number of nitrogens with one attached hydrogen (secondary N) is 1. The van der Waals surface area contributed by atoms with Gasteiger partial charge < -0.3 is 14.8 Å². The summed E-state index contributed by atoms with van der Waals surface area (Å²) >= 11 is 8.51. The van der Waals surface area contributed by atoms with Crippen molar-refractivity contribution in [1.29, 1.82) is 0 Å². The van der Waals surface area contributed by atoms with Crippen molar-refractivity contribution in [3.05, 3.63) is 28.2 Å². The van der Waals surface area contributed by atoms with Gasteiger partial charge in [0.15, 0.2) is 0 Å². The van der Waals surface area contributed by atoms with E-state index < -0.39 is 0 Å². The summed E-state index contributed by atoms with van der Waals surface area (Å²) in [5.41, 5.74) is 0.731. The molecule has 0 aromatic heterocycles. The monoisotopic (exact) mass is 317 g/mol. The third kappa shape index (κ3) is 3.98. The maximum atomic E-state index is 11.0. The van der Waals surface area contributed by atoms with Crippen molar-refractivity contribution in [2.45, 2.75) is 0 Å². The van der Waals surface area contributed by atoms with Gasteiger partial charge in [-0.05, 0) is 18.2 Å². The van der Waals surface area contributed by atoms with Crippen molar-refractivity contribution >= 4 is 39.1 Å². The highest BCUT2D eigenvalue weighted by Crippen LogP contribution is 2.23. The van der Waals surface area contributed by atoms with Crippen LogP contribution >= 0.6 is 28.1 Å². The molecule has 92 valence electrons. The first-order chi connectivity index (χ1) is 8.08. The number of carbonyl (C=O) groups is 1. The normalized spacial score (nSPS) is 9.59. The van der Waals surface area contributed by atoms with Crippen LogP contribution in [0.25, 0.3) is 0 Å². The maximum Gasteiger partial charge on any atom is 0.325 e. The Morgan fingerprint density at radius 1 is 1.47 bits per heavy atom. The number of hydrogen-bond acceptors (Lipinski definition) is 4. The van der Waals surface area contributed by atoms with Crippen LogP contribution in [-0.2, 0) is 9.53 Å². The first kappa shape index (κ1) is 13.9. The first-order valence-electron chi connectivity index (χ1n) is 4.77. The minimum atomic E-state index is -0.372. The van der Waals surface area contributed by atoms with E-state index in [0.29, 0.717) is 10.7 Å². The number of hydrogen-bond donors (Lipinski definition) is 1. The van der Waals surface area contributed by atoms with Gasteiger partial charge in [0.05, 0.1) is 19.8 Å². The van der Waals surface area contributed by atoms with Crippen LogP contribution in [0.5, 0.6) is 5.75 Å². The van der Waals surface area contributed by atoms with Gasteiger partial charge in [-0.25, -0.2) is 0 Å². The maximum absolute atomic E-state index is 11.0. The Labute approximate surface area is 113 Å². The van der Waals surface area contributed by atoms with Crippen LogP contribution in [0.4, 0.5) is 0 Å². The number of methoxy groups -OCH3 is 2. The van der Waals surface area contributed by atoms with Crippen LogP contribution in [-0.4, -0.2) is 31.7 Å². The topological polar surface area (TPSA) is 47.6 Å². The highest BCUT2D eigenvalue weighted by atomic mass is 79.9. The number of rotatable bonds is 4. The molecule has 0 aliphatic carbocycles. The van der Waals surface area contributed by atoms with Crippen LogP contribution in [0.3, 0.4) is 0 Å². The van der Waals surface area contributed by atoms with E-state index in [4.69, 9.17) is 17.0 Å². The molecule has 1 aromatic carbocycles. The van der Waals surface area contributed by atoms with Crippen molar-refractivity contribution in [2.75, 3.05) is 20.8 Å². The molecule has 1 N–H and O–H groups in total. The molecule has 0 saturated heterocycles. The van der Waals surface area contributed by atoms with Crippen molar-refractivity contribution < 1.29 is 14.3 Å². The Bertz CT molecular complexity index is 437. The largest absolute Gasteiger partial charge is 0.496 e. The lowest BCUT2D eigenvalue weighted by molar-refractivity contribution is -0.139. The highest BCUT2D eigenvalue weighted by molar-refractivity contribution is 9.10. The van der Waals surface area contributed by atoms with Gasteiger partial charge in [-0.15, -0.1) is 0 Å². The summed E-state index contributed by atoms with van der Waals surface area (Å²) in [7, 11) is 2.89. The Hall–Kier alpha value is -1.14. The Kier molecular flexibility index (Phi) is 5.37. The molecule has 17 heavy (non-hydrogen) atoms. The molecule has 0 aliphatic rings. The van der Waals surface area contributed by atoms with Crippen LogP contribution in [0.2, 0.25) is 0 Å². The number of carbonyl (C=O) groups excluding carboxylic acids is 1. The van der Waals surface area contributed by atoms with Crippen molar-refractivity contribution in [3.63, 3.8) is 0 Å². The molecular formula is C11H12BrNO3S. The molecule has 0 aliphatic heterocycles. The second-order valence-electron chi connectivity index (χ2n) is 3.10. The summed E-state index contributed by atoms with van der Waals surface area (Å²) in [6, 6.07) is 5.47. The summed E-state index contributed by atoms with van der Waals surface area (Å²) in [6.07, 6.45) is 0. The third-order valence-electron chi connectivity index (χ3n) is 2.03. The molecule has 4 nitrogen and oxygen atoms in total. The zero-order valence-electron chi connectivity index (χ0n) is 9.45. The van der Waals surface area contributed by atoms with Crippen LogP contribution in [0.15, 0.2) is 22.7 Å². The average Bonchev–Trinajstić information content (AvgIpc) is 2.35. The lowest BCUT2D eigenvalue weighted by Crippen LogP contribution is -2.29. The second-order valence-corrected chi connectivity index (χ2v) is 4.43. The second kappa shape index (κ2) is 6.56. The quantitative estimate of drug-likeness (QED) is 0.679. The van der Waals surface area contributed by atoms with Gasteiger partial charge in [-0.2, -0.15) is 0 Å². The molecule has 0 amide bonds. The molecule has 0 spiro atoms. The lowest BCUT2D eigenvalue weighted by Gasteiger charge is -2.11. The van der Waals surface area contributed by atoms with Crippen LogP contribution < -0.4 is 10.1 Å². The molecule has 0 bridgehead atoms. The van der Waals surface area contributed by atoms with Gasteiger partial charge in [0.25, 0.3) is 0 Å². The summed E-state index contributed by atoms with van der Waals surface area (Å²) in [5.74, 6) is 0.269. The fraction of sp³-hybridized carbons (Fsp3) is 0.273. The molecular weight excluding hydrogens is 306 g/mol. The van der Waals surface area contributed by atoms with Gasteiger partial charge >= 0.3 is 5.97 Å². The number of ether oxygens (including phenoxy) is 2. The van der Waals surface area contributed by atoms with E-state index in [-0.39, 0.29) is 12.5 Å². The summed E-state index contributed by atoms with van der Waals surface area (Å²) in [6.45, 7) is 0.0363. The molecule has 0 radical (unpaired) electrons. The average molecular weight is 318 g/mol. The van der Waals surface area contributed by atoms with E-state index in [9.17, 15) is 4.79 Å². The number of esters is 1. The summed E-state index contributed by atoms with van der Waals surface area (Å²) in [5, 5.41) is 2.81.